The van der Waals surface area contributed by atoms with E-state index < -0.39 is 5.91 Å². The Kier molecular flexibility index (Phi) is 6.52. The van der Waals surface area contributed by atoms with Crippen molar-refractivity contribution in [3.05, 3.63) is 59.7 Å². The second kappa shape index (κ2) is 9.04. The Morgan fingerprint density at radius 1 is 1.00 bits per heavy atom. The number of carbonyl (C=O) groups excluding carboxylic acids is 3. The Morgan fingerprint density at radius 3 is 2.50 bits per heavy atom. The van der Waals surface area contributed by atoms with Gasteiger partial charge in [-0.05, 0) is 30.3 Å². The summed E-state index contributed by atoms with van der Waals surface area (Å²) >= 11 is 0. The average molecular weight is 349 g/mol. The molecule has 0 aromatic heterocycles. The van der Waals surface area contributed by atoms with E-state index >= 15 is 0 Å². The van der Waals surface area contributed by atoms with Crippen LogP contribution in [-0.4, -0.2) is 24.3 Å². The highest BCUT2D eigenvalue weighted by Crippen LogP contribution is 2.18. The summed E-state index contributed by atoms with van der Waals surface area (Å²) in [7, 11) is 0. The zero-order valence-corrected chi connectivity index (χ0v) is 14.3. The molecule has 6 nitrogen and oxygen atoms in total. The second-order valence-corrected chi connectivity index (χ2v) is 5.37. The third-order valence-electron chi connectivity index (χ3n) is 3.50. The van der Waals surface area contributed by atoms with Crippen LogP contribution < -0.4 is 16.0 Å². The molecule has 2 rings (SSSR count). The maximum absolute atomic E-state index is 12.5. The summed E-state index contributed by atoms with van der Waals surface area (Å²) in [5.74, 6) is 1.42. The average Bonchev–Trinajstić information content (AvgIpc) is 2.66. The summed E-state index contributed by atoms with van der Waals surface area (Å²) < 4.78 is 0. The van der Waals surface area contributed by atoms with Gasteiger partial charge in [0.2, 0.25) is 5.91 Å². The highest BCUT2D eigenvalue weighted by Gasteiger charge is 2.14. The maximum Gasteiger partial charge on any atom is 0.255 e. The Hall–Kier alpha value is -3.59. The van der Waals surface area contributed by atoms with Gasteiger partial charge in [-0.25, -0.2) is 0 Å². The fourth-order valence-electron chi connectivity index (χ4n) is 2.20. The maximum atomic E-state index is 12.5. The van der Waals surface area contributed by atoms with Crippen molar-refractivity contribution in [1.82, 2.24) is 5.32 Å². The predicted octanol–water partition coefficient (Wildman–Crippen LogP) is 2.65. The van der Waals surface area contributed by atoms with E-state index in [4.69, 9.17) is 6.42 Å². The first-order valence-electron chi connectivity index (χ1n) is 8.07. The van der Waals surface area contributed by atoms with Crippen LogP contribution in [0, 0.1) is 12.3 Å². The van der Waals surface area contributed by atoms with E-state index in [1.165, 1.54) is 0 Å². The molecule has 0 saturated carbocycles. The Bertz CT molecular complexity index is 869. The summed E-state index contributed by atoms with van der Waals surface area (Å²) in [4.78, 5) is 36.2. The Labute approximate surface area is 152 Å². The smallest absolute Gasteiger partial charge is 0.255 e. The number of anilines is 2. The Balaban J connectivity index is 2.18. The molecule has 0 saturated heterocycles. The van der Waals surface area contributed by atoms with Crippen molar-refractivity contribution in [2.45, 2.75) is 13.3 Å². The number of hydrogen-bond donors (Lipinski definition) is 3. The van der Waals surface area contributed by atoms with Gasteiger partial charge in [0.25, 0.3) is 11.8 Å². The number of hydrogen-bond acceptors (Lipinski definition) is 3. The van der Waals surface area contributed by atoms with Crippen LogP contribution in [0.1, 0.15) is 34.1 Å². The molecular formula is C20H19N3O3. The third kappa shape index (κ3) is 4.95. The zero-order chi connectivity index (χ0) is 18.9. The van der Waals surface area contributed by atoms with Gasteiger partial charge in [-0.2, -0.15) is 0 Å². The minimum absolute atomic E-state index is 0.0975. The molecule has 0 spiro atoms. The van der Waals surface area contributed by atoms with E-state index in [-0.39, 0.29) is 18.4 Å². The molecule has 0 unspecified atom stereocenters. The molecule has 0 aliphatic rings. The lowest BCUT2D eigenvalue weighted by atomic mass is 10.1. The fraction of sp³-hybridized carbons (Fsp3) is 0.150. The minimum Gasteiger partial charge on any atom is -0.341 e. The lowest BCUT2D eigenvalue weighted by Crippen LogP contribution is -2.25. The van der Waals surface area contributed by atoms with Gasteiger partial charge in [-0.3, -0.25) is 14.4 Å². The van der Waals surface area contributed by atoms with Gasteiger partial charge in [-0.1, -0.05) is 31.0 Å². The highest BCUT2D eigenvalue weighted by atomic mass is 16.2. The number of benzene rings is 2. The molecule has 0 bridgehead atoms. The van der Waals surface area contributed by atoms with Gasteiger partial charge >= 0.3 is 0 Å². The largest absolute Gasteiger partial charge is 0.341 e. The molecule has 0 aliphatic carbocycles. The number of para-hydroxylation sites is 1. The van der Waals surface area contributed by atoms with Gasteiger partial charge in [0.05, 0.1) is 17.8 Å². The number of rotatable bonds is 6. The van der Waals surface area contributed by atoms with Gasteiger partial charge < -0.3 is 16.0 Å². The first-order chi connectivity index (χ1) is 12.5. The fourth-order valence-corrected chi connectivity index (χ4v) is 2.20. The van der Waals surface area contributed by atoms with Crippen LogP contribution in [-0.2, 0) is 4.79 Å². The summed E-state index contributed by atoms with van der Waals surface area (Å²) in [6.07, 6.45) is 5.49. The van der Waals surface area contributed by atoms with Crippen LogP contribution in [0.25, 0.3) is 0 Å². The second-order valence-electron chi connectivity index (χ2n) is 5.37. The minimum atomic E-state index is -0.394. The van der Waals surface area contributed by atoms with Crippen LogP contribution in [0.5, 0.6) is 0 Å². The Morgan fingerprint density at radius 2 is 1.77 bits per heavy atom. The standard InChI is InChI=1S/C20H19N3O3/c1-3-12-21-20(26)16-10-5-6-11-17(16)23-19(25)14-8-7-9-15(13-14)22-18(24)4-2/h1,5-11,13H,4,12H2,2H3,(H,21,26)(H,22,24)(H,23,25). The molecule has 132 valence electrons. The zero-order valence-electron chi connectivity index (χ0n) is 14.3. The number of carbonyl (C=O) groups is 3. The van der Waals surface area contributed by atoms with Crippen molar-refractivity contribution in [1.29, 1.82) is 0 Å². The van der Waals surface area contributed by atoms with Gasteiger partial charge in [0.1, 0.15) is 0 Å². The topological polar surface area (TPSA) is 87.3 Å². The van der Waals surface area contributed by atoms with E-state index in [1.54, 1.807) is 55.5 Å². The van der Waals surface area contributed by atoms with Crippen molar-refractivity contribution in [2.75, 3.05) is 17.2 Å². The molecule has 0 atom stereocenters. The molecule has 2 aromatic carbocycles. The van der Waals surface area contributed by atoms with E-state index in [9.17, 15) is 14.4 Å². The molecule has 3 N–H and O–H groups in total. The third-order valence-corrected chi connectivity index (χ3v) is 3.50. The van der Waals surface area contributed by atoms with Crippen LogP contribution in [0.3, 0.4) is 0 Å². The summed E-state index contributed by atoms with van der Waals surface area (Å²) in [5.41, 5.74) is 1.57. The normalized spacial score (nSPS) is 9.69. The molecular weight excluding hydrogens is 330 g/mol. The van der Waals surface area contributed by atoms with Crippen LogP contribution in [0.4, 0.5) is 11.4 Å². The van der Waals surface area contributed by atoms with Crippen molar-refractivity contribution < 1.29 is 14.4 Å². The molecule has 3 amide bonds. The van der Waals surface area contributed by atoms with Gasteiger partial charge in [-0.15, -0.1) is 6.42 Å². The van der Waals surface area contributed by atoms with Crippen molar-refractivity contribution in [3.8, 4) is 12.3 Å². The molecule has 0 aliphatic heterocycles. The SMILES string of the molecule is C#CCNC(=O)c1ccccc1NC(=O)c1cccc(NC(=O)CC)c1. The van der Waals surface area contributed by atoms with Crippen LogP contribution in [0.15, 0.2) is 48.5 Å². The first-order valence-corrected chi connectivity index (χ1v) is 8.07. The lowest BCUT2D eigenvalue weighted by Gasteiger charge is -2.11. The van der Waals surface area contributed by atoms with E-state index in [0.717, 1.165) is 0 Å². The molecule has 0 heterocycles. The van der Waals surface area contributed by atoms with Crippen LogP contribution >= 0.6 is 0 Å². The lowest BCUT2D eigenvalue weighted by molar-refractivity contribution is -0.115. The molecule has 0 radical (unpaired) electrons. The van der Waals surface area contributed by atoms with E-state index in [0.29, 0.717) is 28.9 Å². The van der Waals surface area contributed by atoms with Crippen molar-refractivity contribution in [2.24, 2.45) is 0 Å². The predicted molar refractivity (Wildman–Crippen MR) is 101 cm³/mol. The van der Waals surface area contributed by atoms with Gasteiger partial charge in [0, 0.05) is 17.7 Å². The number of amides is 3. The van der Waals surface area contributed by atoms with E-state index in [1.807, 2.05) is 0 Å². The van der Waals surface area contributed by atoms with E-state index in [2.05, 4.69) is 21.9 Å². The monoisotopic (exact) mass is 349 g/mol. The number of terminal acetylenes is 1. The number of nitrogens with one attached hydrogen (secondary N) is 3. The quantitative estimate of drug-likeness (QED) is 0.701. The summed E-state index contributed by atoms with van der Waals surface area (Å²) in [5, 5.41) is 7.98. The highest BCUT2D eigenvalue weighted by molar-refractivity contribution is 6.09. The first kappa shape index (κ1) is 18.7. The molecule has 2 aromatic rings. The van der Waals surface area contributed by atoms with Crippen molar-refractivity contribution >= 4 is 29.1 Å². The van der Waals surface area contributed by atoms with Crippen molar-refractivity contribution in [3.63, 3.8) is 0 Å². The molecule has 26 heavy (non-hydrogen) atoms. The molecule has 0 fully saturated rings. The summed E-state index contributed by atoms with van der Waals surface area (Å²) in [6, 6.07) is 13.2. The molecule has 6 heteroatoms. The summed E-state index contributed by atoms with van der Waals surface area (Å²) in [6.45, 7) is 1.84. The van der Waals surface area contributed by atoms with Gasteiger partial charge in [0.15, 0.2) is 0 Å². The van der Waals surface area contributed by atoms with Crippen LogP contribution in [0.2, 0.25) is 0 Å².